The van der Waals surface area contributed by atoms with Crippen LogP contribution in [0.1, 0.15) is 6.42 Å². The van der Waals surface area contributed by atoms with Crippen LogP contribution in [-0.2, 0) is 19.1 Å². The number of nitrogens with one attached hydrogen (secondary N) is 1. The van der Waals surface area contributed by atoms with Crippen molar-refractivity contribution in [2.45, 2.75) is 6.42 Å². The first-order valence-electron chi connectivity index (χ1n) is 5.98. The number of rotatable bonds is 8. The van der Waals surface area contributed by atoms with E-state index < -0.39 is 6.09 Å². The third-order valence-electron chi connectivity index (χ3n) is 2.16. The van der Waals surface area contributed by atoms with Crippen LogP contribution in [0.3, 0.4) is 0 Å². The molecule has 0 unspecified atom stereocenters. The van der Waals surface area contributed by atoms with Crippen LogP contribution >= 0.6 is 0 Å². The second-order valence-corrected chi connectivity index (χ2v) is 3.65. The summed E-state index contributed by atoms with van der Waals surface area (Å²) in [4.78, 5) is 31.9. The Morgan fingerprint density at radius 3 is 2.45 bits per heavy atom. The molecule has 0 heterocycles. The van der Waals surface area contributed by atoms with Gasteiger partial charge in [-0.3, -0.25) is 14.9 Å². The fraction of sp³-hybridized carbons (Fsp3) is 0.214. The van der Waals surface area contributed by atoms with Gasteiger partial charge in [0.25, 0.3) is 0 Å². The number of hydrogen-bond donors (Lipinski definition) is 1. The summed E-state index contributed by atoms with van der Waals surface area (Å²) in [7, 11) is 0. The molecule has 0 aliphatic carbocycles. The van der Waals surface area contributed by atoms with Gasteiger partial charge in [-0.1, -0.05) is 18.2 Å². The van der Waals surface area contributed by atoms with Gasteiger partial charge in [-0.05, 0) is 12.1 Å². The van der Waals surface area contributed by atoms with Crippen LogP contribution < -0.4 is 5.32 Å². The van der Waals surface area contributed by atoms with Crippen molar-refractivity contribution in [2.24, 2.45) is 0 Å². The number of allylic oxidation sites excluding steroid dienone is 2. The molecule has 0 radical (unpaired) electrons. The quantitative estimate of drug-likeness (QED) is 0.340. The highest BCUT2D eigenvalue weighted by Gasteiger charge is 2.02. The zero-order chi connectivity index (χ0) is 14.6. The van der Waals surface area contributed by atoms with Gasteiger partial charge >= 0.3 is 6.09 Å². The number of ether oxygens (including phenoxy) is 2. The van der Waals surface area contributed by atoms with Gasteiger partial charge in [0.05, 0.1) is 13.2 Å². The molecule has 0 bridgehead atoms. The first-order chi connectivity index (χ1) is 9.76. The number of benzene rings is 1. The Hall–Kier alpha value is -2.63. The molecule has 1 N–H and O–H groups in total. The molecule has 6 nitrogen and oxygen atoms in total. The van der Waals surface area contributed by atoms with E-state index in [9.17, 15) is 14.4 Å². The molecule has 0 aliphatic heterocycles. The Morgan fingerprint density at radius 1 is 1.10 bits per heavy atom. The van der Waals surface area contributed by atoms with Crippen molar-refractivity contribution < 1.29 is 23.9 Å². The van der Waals surface area contributed by atoms with E-state index in [0.717, 1.165) is 6.08 Å². The van der Waals surface area contributed by atoms with Crippen molar-refractivity contribution in [3.8, 4) is 0 Å². The van der Waals surface area contributed by atoms with E-state index in [1.165, 1.54) is 0 Å². The maximum absolute atomic E-state index is 11.4. The van der Waals surface area contributed by atoms with Gasteiger partial charge < -0.3 is 9.47 Å². The van der Waals surface area contributed by atoms with Crippen molar-refractivity contribution in [2.75, 3.05) is 18.5 Å². The van der Waals surface area contributed by atoms with Crippen LogP contribution in [0.4, 0.5) is 10.5 Å². The summed E-state index contributed by atoms with van der Waals surface area (Å²) in [6.45, 7) is 0.322. The van der Waals surface area contributed by atoms with E-state index >= 15 is 0 Å². The monoisotopic (exact) mass is 277 g/mol. The van der Waals surface area contributed by atoms with Crippen molar-refractivity contribution in [3.63, 3.8) is 0 Å². The maximum atomic E-state index is 11.4. The number of aldehydes is 2. The Labute approximate surface area is 116 Å². The fourth-order valence-corrected chi connectivity index (χ4v) is 1.28. The number of amides is 1. The molecule has 1 rings (SSSR count). The van der Waals surface area contributed by atoms with Gasteiger partial charge in [-0.2, -0.15) is 0 Å². The largest absolute Gasteiger partial charge is 0.490 e. The minimum absolute atomic E-state index is 0.0475. The molecule has 1 aromatic rings. The highest BCUT2D eigenvalue weighted by atomic mass is 16.5. The minimum atomic E-state index is -0.560. The highest BCUT2D eigenvalue weighted by molar-refractivity contribution is 5.84. The molecule has 6 heteroatoms. The molecule has 0 atom stereocenters. The lowest BCUT2D eigenvalue weighted by atomic mass is 10.3. The van der Waals surface area contributed by atoms with Gasteiger partial charge in [0, 0.05) is 18.2 Å². The van der Waals surface area contributed by atoms with Crippen LogP contribution in [0.15, 0.2) is 42.2 Å². The molecular formula is C14H15NO5. The lowest BCUT2D eigenvalue weighted by Crippen LogP contribution is -2.15. The smallest absolute Gasteiger partial charge is 0.411 e. The lowest BCUT2D eigenvalue weighted by Gasteiger charge is -2.07. The zero-order valence-electron chi connectivity index (χ0n) is 10.8. The average Bonchev–Trinajstić information content (AvgIpc) is 2.46. The van der Waals surface area contributed by atoms with Crippen LogP contribution in [0.5, 0.6) is 0 Å². The number of hydrogen-bond acceptors (Lipinski definition) is 5. The number of carbonyl (C=O) groups excluding carboxylic acids is 3. The molecule has 0 aromatic heterocycles. The zero-order valence-corrected chi connectivity index (χ0v) is 10.8. The third kappa shape index (κ3) is 6.34. The lowest BCUT2D eigenvalue weighted by molar-refractivity contribution is -0.109. The molecule has 1 amide bonds. The van der Waals surface area contributed by atoms with Crippen molar-refractivity contribution in [1.82, 2.24) is 0 Å². The summed E-state index contributed by atoms with van der Waals surface area (Å²) >= 11 is 0. The molecule has 106 valence electrons. The van der Waals surface area contributed by atoms with Gasteiger partial charge in [0.1, 0.15) is 6.29 Å². The normalized spacial score (nSPS) is 10.5. The van der Waals surface area contributed by atoms with E-state index in [1.807, 2.05) is 6.07 Å². The Balaban J connectivity index is 2.15. The topological polar surface area (TPSA) is 81.7 Å². The predicted molar refractivity (Wildman–Crippen MR) is 72.2 cm³/mol. The minimum Gasteiger partial charge on any atom is -0.490 e. The Bertz CT molecular complexity index is 470. The second-order valence-electron chi connectivity index (χ2n) is 3.65. The van der Waals surface area contributed by atoms with E-state index in [-0.39, 0.29) is 19.0 Å². The van der Waals surface area contributed by atoms with E-state index in [1.54, 1.807) is 24.3 Å². The summed E-state index contributed by atoms with van der Waals surface area (Å²) < 4.78 is 9.90. The Morgan fingerprint density at radius 2 is 1.80 bits per heavy atom. The standard InChI is InChI=1S/C14H15NO5/c16-8-7-13(11-17)19-9-4-10-20-14(18)15-12-5-2-1-3-6-12/h1-3,5-8,11H,4,9-10H2,(H,15,18). The first-order valence-corrected chi connectivity index (χ1v) is 5.98. The average molecular weight is 277 g/mol. The molecule has 0 saturated carbocycles. The van der Waals surface area contributed by atoms with E-state index in [2.05, 4.69) is 5.32 Å². The van der Waals surface area contributed by atoms with Crippen LogP contribution in [0.25, 0.3) is 0 Å². The van der Waals surface area contributed by atoms with Gasteiger partial charge in [0.2, 0.25) is 0 Å². The number of anilines is 1. The molecule has 0 saturated heterocycles. The molecule has 0 aliphatic rings. The fourth-order valence-electron chi connectivity index (χ4n) is 1.28. The molecule has 0 fully saturated rings. The molecular weight excluding hydrogens is 262 g/mol. The molecule has 0 spiro atoms. The summed E-state index contributed by atoms with van der Waals surface area (Å²) in [6, 6.07) is 8.91. The van der Waals surface area contributed by atoms with Crippen molar-refractivity contribution in [3.05, 3.63) is 42.2 Å². The summed E-state index contributed by atoms with van der Waals surface area (Å²) in [5.74, 6) is -0.0475. The van der Waals surface area contributed by atoms with Crippen LogP contribution in [0, 0.1) is 0 Å². The highest BCUT2D eigenvalue weighted by Crippen LogP contribution is 2.05. The molecule has 20 heavy (non-hydrogen) atoms. The van der Waals surface area contributed by atoms with Crippen molar-refractivity contribution >= 4 is 24.4 Å². The Kier molecular flexibility index (Phi) is 7.19. The van der Waals surface area contributed by atoms with Gasteiger partial charge in [-0.25, -0.2) is 4.79 Å². The maximum Gasteiger partial charge on any atom is 0.411 e. The first kappa shape index (κ1) is 15.4. The SMILES string of the molecule is O=CC=C(C=O)OCCCOC(=O)Nc1ccccc1. The van der Waals surface area contributed by atoms with E-state index in [0.29, 0.717) is 24.7 Å². The summed E-state index contributed by atoms with van der Waals surface area (Å²) in [6.07, 6.45) is 1.78. The number of para-hydroxylation sites is 1. The van der Waals surface area contributed by atoms with Crippen LogP contribution in [0.2, 0.25) is 0 Å². The summed E-state index contributed by atoms with van der Waals surface area (Å²) in [5, 5.41) is 2.56. The van der Waals surface area contributed by atoms with Crippen LogP contribution in [-0.4, -0.2) is 31.9 Å². The summed E-state index contributed by atoms with van der Waals surface area (Å²) in [5.41, 5.74) is 0.644. The second kappa shape index (κ2) is 9.32. The molecule has 1 aromatic carbocycles. The van der Waals surface area contributed by atoms with Gasteiger partial charge in [0.15, 0.2) is 12.0 Å². The predicted octanol–water partition coefficient (Wildman–Crippen LogP) is 1.92. The third-order valence-corrected chi connectivity index (χ3v) is 2.16. The van der Waals surface area contributed by atoms with Gasteiger partial charge in [-0.15, -0.1) is 0 Å². The van der Waals surface area contributed by atoms with Crippen molar-refractivity contribution in [1.29, 1.82) is 0 Å². The van der Waals surface area contributed by atoms with E-state index in [4.69, 9.17) is 9.47 Å². The number of carbonyl (C=O) groups is 3.